The Hall–Kier alpha value is -4.52. The largest absolute Gasteiger partial charge is 0.352 e. The maximum atomic E-state index is 13.1. The fraction of sp³-hybridized carbons (Fsp3) is 0.200. The summed E-state index contributed by atoms with van der Waals surface area (Å²) in [6.07, 6.45) is 2.49. The Labute approximate surface area is 216 Å². The van der Waals surface area contributed by atoms with Crippen LogP contribution in [0.4, 0.5) is 5.82 Å². The maximum Gasteiger partial charge on any atom is 0.253 e. The van der Waals surface area contributed by atoms with Gasteiger partial charge in [0.05, 0.1) is 17.3 Å². The van der Waals surface area contributed by atoms with Crippen molar-refractivity contribution in [3.8, 4) is 5.69 Å². The van der Waals surface area contributed by atoms with Crippen LogP contribution < -0.4 is 4.90 Å². The Bertz CT molecular complexity index is 1520. The van der Waals surface area contributed by atoms with Gasteiger partial charge >= 0.3 is 0 Å². The molecule has 3 aromatic carbocycles. The Morgan fingerprint density at radius 3 is 2.19 bits per heavy atom. The quantitative estimate of drug-likeness (QED) is 0.360. The van der Waals surface area contributed by atoms with Crippen molar-refractivity contribution in [3.63, 3.8) is 0 Å². The molecule has 1 amide bonds. The number of hydrogen-bond acceptors (Lipinski definition) is 5. The van der Waals surface area contributed by atoms with Crippen molar-refractivity contribution in [2.45, 2.75) is 13.3 Å². The van der Waals surface area contributed by atoms with E-state index in [1.165, 1.54) is 0 Å². The molecule has 7 nitrogen and oxygen atoms in total. The molecule has 1 aliphatic heterocycles. The smallest absolute Gasteiger partial charge is 0.253 e. The van der Waals surface area contributed by atoms with Gasteiger partial charge in [-0.25, -0.2) is 14.6 Å². The summed E-state index contributed by atoms with van der Waals surface area (Å²) in [5, 5.41) is 5.60. The van der Waals surface area contributed by atoms with E-state index in [0.717, 1.165) is 45.1 Å². The number of carbonyl (C=O) groups is 1. The van der Waals surface area contributed by atoms with Crippen LogP contribution in [0.3, 0.4) is 0 Å². The second kappa shape index (κ2) is 9.85. The first kappa shape index (κ1) is 22.9. The molecular weight excluding hydrogens is 460 g/mol. The van der Waals surface area contributed by atoms with E-state index in [4.69, 9.17) is 9.97 Å². The fourth-order valence-corrected chi connectivity index (χ4v) is 4.79. The molecule has 3 heterocycles. The molecule has 0 radical (unpaired) electrons. The summed E-state index contributed by atoms with van der Waals surface area (Å²) < 4.78 is 1.88. The van der Waals surface area contributed by atoms with Gasteiger partial charge in [0, 0.05) is 38.2 Å². The number of benzene rings is 3. The first-order valence-electron chi connectivity index (χ1n) is 12.6. The Morgan fingerprint density at radius 2 is 1.49 bits per heavy atom. The van der Waals surface area contributed by atoms with Crippen molar-refractivity contribution in [2.75, 3.05) is 31.1 Å². The fourth-order valence-electron chi connectivity index (χ4n) is 4.79. The van der Waals surface area contributed by atoms with E-state index in [1.807, 2.05) is 95.5 Å². The lowest BCUT2D eigenvalue weighted by Gasteiger charge is -2.35. The number of fused-ring (bicyclic) bond motifs is 1. The Morgan fingerprint density at radius 1 is 0.811 bits per heavy atom. The third-order valence-electron chi connectivity index (χ3n) is 6.83. The molecule has 0 N–H and O–H groups in total. The van der Waals surface area contributed by atoms with Crippen LogP contribution >= 0.6 is 0 Å². The summed E-state index contributed by atoms with van der Waals surface area (Å²) in [4.78, 5) is 27.2. The zero-order valence-electron chi connectivity index (χ0n) is 20.8. The highest BCUT2D eigenvalue weighted by Gasteiger charge is 2.26. The Balaban J connectivity index is 1.32. The molecule has 0 unspecified atom stereocenters. The molecule has 1 saturated heterocycles. The molecule has 184 valence electrons. The second-order valence-electron chi connectivity index (χ2n) is 9.40. The number of aryl methyl sites for hydroxylation is 1. The topological polar surface area (TPSA) is 67.2 Å². The number of nitrogens with zero attached hydrogens (tertiary/aromatic N) is 6. The highest BCUT2D eigenvalue weighted by atomic mass is 16.2. The summed E-state index contributed by atoms with van der Waals surface area (Å²) in [6.45, 7) is 4.70. The average molecular weight is 489 g/mol. The molecule has 37 heavy (non-hydrogen) atoms. The zero-order chi connectivity index (χ0) is 25.2. The van der Waals surface area contributed by atoms with Crippen LogP contribution in [0.25, 0.3) is 16.7 Å². The minimum Gasteiger partial charge on any atom is -0.352 e. The second-order valence-corrected chi connectivity index (χ2v) is 9.40. The van der Waals surface area contributed by atoms with Crippen LogP contribution in [0.2, 0.25) is 0 Å². The van der Waals surface area contributed by atoms with Crippen LogP contribution in [-0.2, 0) is 6.42 Å². The minimum absolute atomic E-state index is 0.0779. The number of hydrogen-bond donors (Lipinski definition) is 0. The lowest BCUT2D eigenvalue weighted by atomic mass is 10.1. The zero-order valence-corrected chi connectivity index (χ0v) is 20.8. The maximum absolute atomic E-state index is 13.1. The molecule has 0 spiro atoms. The van der Waals surface area contributed by atoms with Gasteiger partial charge in [-0.15, -0.1) is 0 Å². The number of carbonyl (C=O) groups excluding carboxylic acids is 1. The third kappa shape index (κ3) is 4.68. The van der Waals surface area contributed by atoms with Crippen molar-refractivity contribution < 1.29 is 4.79 Å². The molecule has 0 bridgehead atoms. The van der Waals surface area contributed by atoms with E-state index in [0.29, 0.717) is 32.6 Å². The van der Waals surface area contributed by atoms with Crippen LogP contribution in [0.15, 0.2) is 91.1 Å². The molecule has 5 aromatic rings. The van der Waals surface area contributed by atoms with Crippen molar-refractivity contribution in [2.24, 2.45) is 0 Å². The van der Waals surface area contributed by atoms with Gasteiger partial charge in [0.25, 0.3) is 5.91 Å². The van der Waals surface area contributed by atoms with Crippen LogP contribution in [0.1, 0.15) is 27.3 Å². The highest BCUT2D eigenvalue weighted by Crippen LogP contribution is 2.27. The molecule has 1 aliphatic rings. The predicted molar refractivity (Wildman–Crippen MR) is 145 cm³/mol. The van der Waals surface area contributed by atoms with Crippen molar-refractivity contribution in [1.29, 1.82) is 0 Å². The highest BCUT2D eigenvalue weighted by molar-refractivity contribution is 5.94. The number of piperazine rings is 1. The van der Waals surface area contributed by atoms with Crippen LogP contribution in [0.5, 0.6) is 0 Å². The summed E-state index contributed by atoms with van der Waals surface area (Å²) in [6, 6.07) is 28.1. The molecule has 0 aliphatic carbocycles. The molecular formula is C30H28N6O. The van der Waals surface area contributed by atoms with Gasteiger partial charge in [0.1, 0.15) is 11.6 Å². The molecule has 0 saturated carbocycles. The molecule has 2 aromatic heterocycles. The standard InChI is InChI=1S/C30H28N6O/c1-22-12-14-24(15-13-22)30(37)35-18-16-34(17-19-35)28-26-21-31-36(25-10-6-3-7-11-25)29(26)33-27(32-28)20-23-8-4-2-5-9-23/h2-15,21H,16-20H2,1H3. The van der Waals surface area contributed by atoms with Gasteiger partial charge in [-0.1, -0.05) is 66.2 Å². The van der Waals surface area contributed by atoms with Crippen molar-refractivity contribution >= 4 is 22.8 Å². The summed E-state index contributed by atoms with van der Waals surface area (Å²) >= 11 is 0. The first-order valence-corrected chi connectivity index (χ1v) is 12.6. The third-order valence-corrected chi connectivity index (χ3v) is 6.83. The summed E-state index contributed by atoms with van der Waals surface area (Å²) in [7, 11) is 0. The van der Waals surface area contributed by atoms with Gasteiger partial charge in [-0.05, 0) is 36.8 Å². The normalized spacial score (nSPS) is 13.8. The molecule has 7 heteroatoms. The molecule has 1 fully saturated rings. The van der Waals surface area contributed by atoms with Gasteiger partial charge in [0.2, 0.25) is 0 Å². The van der Waals surface area contributed by atoms with E-state index in [2.05, 4.69) is 22.1 Å². The predicted octanol–water partition coefficient (Wildman–Crippen LogP) is 4.68. The van der Waals surface area contributed by atoms with Gasteiger partial charge in [-0.3, -0.25) is 4.79 Å². The summed E-state index contributed by atoms with van der Waals surface area (Å²) in [5.41, 5.74) is 4.79. The monoisotopic (exact) mass is 488 g/mol. The van der Waals surface area contributed by atoms with Gasteiger partial charge in [-0.2, -0.15) is 5.10 Å². The number of rotatable bonds is 5. The molecule has 0 atom stereocenters. The van der Waals surface area contributed by atoms with Gasteiger partial charge in [0.15, 0.2) is 5.65 Å². The lowest BCUT2D eigenvalue weighted by molar-refractivity contribution is 0.0746. The minimum atomic E-state index is 0.0779. The first-order chi connectivity index (χ1) is 18.2. The SMILES string of the molecule is Cc1ccc(C(=O)N2CCN(c3nc(Cc4ccccc4)nc4c3cnn4-c3ccccc3)CC2)cc1. The van der Waals surface area contributed by atoms with Crippen LogP contribution in [-0.4, -0.2) is 56.7 Å². The van der Waals surface area contributed by atoms with E-state index < -0.39 is 0 Å². The van der Waals surface area contributed by atoms with E-state index >= 15 is 0 Å². The average Bonchev–Trinajstić information content (AvgIpc) is 3.38. The number of para-hydroxylation sites is 1. The number of aromatic nitrogens is 4. The number of anilines is 1. The van der Waals surface area contributed by atoms with E-state index in [1.54, 1.807) is 0 Å². The van der Waals surface area contributed by atoms with E-state index in [9.17, 15) is 4.79 Å². The number of amides is 1. The van der Waals surface area contributed by atoms with Gasteiger partial charge < -0.3 is 9.80 Å². The van der Waals surface area contributed by atoms with Crippen molar-refractivity contribution in [1.82, 2.24) is 24.6 Å². The lowest BCUT2D eigenvalue weighted by Crippen LogP contribution is -2.49. The van der Waals surface area contributed by atoms with Crippen molar-refractivity contribution in [3.05, 3.63) is 114 Å². The summed E-state index contributed by atoms with van der Waals surface area (Å²) in [5.74, 6) is 1.71. The molecule has 6 rings (SSSR count). The van der Waals surface area contributed by atoms with E-state index in [-0.39, 0.29) is 5.91 Å². The Kier molecular flexibility index (Phi) is 6.10. The van der Waals surface area contributed by atoms with Crippen LogP contribution in [0, 0.1) is 6.92 Å².